The van der Waals surface area contributed by atoms with Crippen molar-refractivity contribution < 1.29 is 14.3 Å². The van der Waals surface area contributed by atoms with E-state index in [0.717, 1.165) is 23.1 Å². The molecule has 2 N–H and O–H groups in total. The zero-order valence-corrected chi connectivity index (χ0v) is 19.7. The summed E-state index contributed by atoms with van der Waals surface area (Å²) in [5, 5.41) is 6.37. The number of nitrogens with one attached hydrogen (secondary N) is 2. The standard InChI is InChI=1S/C22H37BrN2O3/c1-6-7-8-9-10-11-12-24-15-17-13-19(27-5)20(14-18(17)23)28-16-21(26)25-22(2,3)4/h13-14,24H,6-12,15-16H2,1-5H3,(H,25,26). The highest BCUT2D eigenvalue weighted by Gasteiger charge is 2.16. The molecule has 0 fully saturated rings. The van der Waals surface area contributed by atoms with Gasteiger partial charge in [0, 0.05) is 16.6 Å². The van der Waals surface area contributed by atoms with Gasteiger partial charge in [-0.3, -0.25) is 4.79 Å². The Hall–Kier alpha value is -1.27. The van der Waals surface area contributed by atoms with Crippen molar-refractivity contribution in [2.75, 3.05) is 20.3 Å². The van der Waals surface area contributed by atoms with Crippen LogP contribution in [0.15, 0.2) is 16.6 Å². The summed E-state index contributed by atoms with van der Waals surface area (Å²) in [6.45, 7) is 9.78. The van der Waals surface area contributed by atoms with E-state index >= 15 is 0 Å². The number of hydrogen-bond acceptors (Lipinski definition) is 4. The number of benzene rings is 1. The molecule has 1 aromatic rings. The average molecular weight is 457 g/mol. The van der Waals surface area contributed by atoms with Crippen molar-refractivity contribution in [3.8, 4) is 11.5 Å². The molecule has 0 aliphatic heterocycles. The number of unbranched alkanes of at least 4 members (excludes halogenated alkanes) is 5. The highest BCUT2D eigenvalue weighted by Crippen LogP contribution is 2.33. The van der Waals surface area contributed by atoms with Gasteiger partial charge in [-0.25, -0.2) is 0 Å². The van der Waals surface area contributed by atoms with Crippen LogP contribution in [0.1, 0.15) is 71.8 Å². The fourth-order valence-electron chi connectivity index (χ4n) is 2.84. The molecule has 1 amide bonds. The molecule has 0 aliphatic carbocycles. The van der Waals surface area contributed by atoms with Gasteiger partial charge in [0.15, 0.2) is 18.1 Å². The first-order valence-electron chi connectivity index (χ1n) is 10.3. The van der Waals surface area contributed by atoms with Crippen molar-refractivity contribution >= 4 is 21.8 Å². The average Bonchev–Trinajstić information content (AvgIpc) is 2.62. The Morgan fingerprint density at radius 1 is 1.07 bits per heavy atom. The third-order valence-corrected chi connectivity index (χ3v) is 4.97. The van der Waals surface area contributed by atoms with Crippen LogP contribution < -0.4 is 20.1 Å². The first-order valence-corrected chi connectivity index (χ1v) is 11.1. The zero-order chi connectivity index (χ0) is 21.0. The molecule has 6 heteroatoms. The number of ether oxygens (including phenoxy) is 2. The Balaban J connectivity index is 2.50. The lowest BCUT2D eigenvalue weighted by Crippen LogP contribution is -2.43. The van der Waals surface area contributed by atoms with Gasteiger partial charge in [0.05, 0.1) is 7.11 Å². The third kappa shape index (κ3) is 10.3. The van der Waals surface area contributed by atoms with E-state index in [9.17, 15) is 4.79 Å². The van der Waals surface area contributed by atoms with Crippen molar-refractivity contribution in [2.24, 2.45) is 0 Å². The van der Waals surface area contributed by atoms with Gasteiger partial charge in [-0.2, -0.15) is 0 Å². The molecule has 0 aliphatic rings. The minimum atomic E-state index is -0.281. The Labute approximate surface area is 179 Å². The SMILES string of the molecule is CCCCCCCCNCc1cc(OC)c(OCC(=O)NC(C)(C)C)cc1Br. The molecule has 160 valence electrons. The molecule has 0 spiro atoms. The van der Waals surface area contributed by atoms with Gasteiger partial charge < -0.3 is 20.1 Å². The number of amides is 1. The Kier molecular flexibility index (Phi) is 11.5. The summed E-state index contributed by atoms with van der Waals surface area (Å²) in [4.78, 5) is 12.0. The minimum absolute atomic E-state index is 0.0459. The smallest absolute Gasteiger partial charge is 0.258 e. The molecule has 5 nitrogen and oxygen atoms in total. The van der Waals surface area contributed by atoms with E-state index in [-0.39, 0.29) is 18.1 Å². The quantitative estimate of drug-likeness (QED) is 0.400. The fourth-order valence-corrected chi connectivity index (χ4v) is 3.30. The molecule has 0 saturated heterocycles. The van der Waals surface area contributed by atoms with Crippen LogP contribution in [-0.2, 0) is 11.3 Å². The normalized spacial score (nSPS) is 11.4. The van der Waals surface area contributed by atoms with E-state index in [1.54, 1.807) is 7.11 Å². The molecule has 1 aromatic carbocycles. The lowest BCUT2D eigenvalue weighted by atomic mass is 10.1. The van der Waals surface area contributed by atoms with E-state index < -0.39 is 0 Å². The summed E-state index contributed by atoms with van der Waals surface area (Å²) in [5.41, 5.74) is 0.825. The van der Waals surface area contributed by atoms with Gasteiger partial charge in [-0.1, -0.05) is 55.0 Å². The molecule has 0 aromatic heterocycles. The Bertz CT molecular complexity index is 600. The number of rotatable bonds is 13. The van der Waals surface area contributed by atoms with E-state index in [1.807, 2.05) is 32.9 Å². The zero-order valence-electron chi connectivity index (χ0n) is 18.1. The monoisotopic (exact) mass is 456 g/mol. The maximum absolute atomic E-state index is 12.0. The predicted octanol–water partition coefficient (Wildman–Crippen LogP) is 5.20. The molecule has 0 heterocycles. The lowest BCUT2D eigenvalue weighted by Gasteiger charge is -2.21. The molecule has 0 atom stereocenters. The maximum atomic E-state index is 12.0. The van der Waals surface area contributed by atoms with Gasteiger partial charge in [0.2, 0.25) is 0 Å². The summed E-state index contributed by atoms with van der Waals surface area (Å²) in [5.74, 6) is 1.02. The molecule has 0 radical (unpaired) electrons. The van der Waals surface area contributed by atoms with Crippen LogP contribution >= 0.6 is 15.9 Å². The van der Waals surface area contributed by atoms with Crippen LogP contribution in [-0.4, -0.2) is 31.7 Å². The number of halogens is 1. The van der Waals surface area contributed by atoms with Crippen LogP contribution in [0.4, 0.5) is 0 Å². The molecule has 1 rings (SSSR count). The number of hydrogen-bond donors (Lipinski definition) is 2. The number of carbonyl (C=O) groups is 1. The molecule has 28 heavy (non-hydrogen) atoms. The first-order chi connectivity index (χ1) is 13.3. The van der Waals surface area contributed by atoms with E-state index in [2.05, 4.69) is 33.5 Å². The number of carbonyl (C=O) groups excluding carboxylic acids is 1. The minimum Gasteiger partial charge on any atom is -0.493 e. The van der Waals surface area contributed by atoms with Gasteiger partial charge in [0.25, 0.3) is 5.91 Å². The Morgan fingerprint density at radius 2 is 1.75 bits per heavy atom. The van der Waals surface area contributed by atoms with Crippen LogP contribution in [0.25, 0.3) is 0 Å². The van der Waals surface area contributed by atoms with Crippen molar-refractivity contribution in [1.82, 2.24) is 10.6 Å². The Morgan fingerprint density at radius 3 is 2.39 bits per heavy atom. The van der Waals surface area contributed by atoms with Crippen molar-refractivity contribution in [3.63, 3.8) is 0 Å². The molecular formula is C22H37BrN2O3. The summed E-state index contributed by atoms with van der Waals surface area (Å²) in [6, 6.07) is 3.82. The second-order valence-electron chi connectivity index (χ2n) is 8.13. The second-order valence-corrected chi connectivity index (χ2v) is 8.98. The van der Waals surface area contributed by atoms with Crippen LogP contribution in [0.2, 0.25) is 0 Å². The number of methoxy groups -OCH3 is 1. The van der Waals surface area contributed by atoms with Gasteiger partial charge >= 0.3 is 0 Å². The molecule has 0 unspecified atom stereocenters. The van der Waals surface area contributed by atoms with Crippen molar-refractivity contribution in [1.29, 1.82) is 0 Å². The van der Waals surface area contributed by atoms with Crippen molar-refractivity contribution in [2.45, 2.75) is 78.3 Å². The molecular weight excluding hydrogens is 420 g/mol. The summed E-state index contributed by atoms with van der Waals surface area (Å²) < 4.78 is 12.1. The highest BCUT2D eigenvalue weighted by atomic mass is 79.9. The van der Waals surface area contributed by atoms with Crippen LogP contribution in [0.3, 0.4) is 0 Å². The maximum Gasteiger partial charge on any atom is 0.258 e. The highest BCUT2D eigenvalue weighted by molar-refractivity contribution is 9.10. The largest absolute Gasteiger partial charge is 0.493 e. The van der Waals surface area contributed by atoms with Gasteiger partial charge in [-0.05, 0) is 51.4 Å². The fraction of sp³-hybridized carbons (Fsp3) is 0.682. The van der Waals surface area contributed by atoms with E-state index in [0.29, 0.717) is 11.5 Å². The van der Waals surface area contributed by atoms with E-state index in [1.165, 1.54) is 38.5 Å². The predicted molar refractivity (Wildman–Crippen MR) is 119 cm³/mol. The van der Waals surface area contributed by atoms with E-state index in [4.69, 9.17) is 9.47 Å². The molecule has 0 saturated carbocycles. The third-order valence-electron chi connectivity index (χ3n) is 4.23. The topological polar surface area (TPSA) is 59.6 Å². The van der Waals surface area contributed by atoms with Gasteiger partial charge in [-0.15, -0.1) is 0 Å². The van der Waals surface area contributed by atoms with Crippen LogP contribution in [0, 0.1) is 0 Å². The second kappa shape index (κ2) is 13.0. The summed E-state index contributed by atoms with van der Waals surface area (Å²) in [7, 11) is 1.61. The first kappa shape index (κ1) is 24.8. The summed E-state index contributed by atoms with van der Waals surface area (Å²) >= 11 is 3.60. The van der Waals surface area contributed by atoms with Gasteiger partial charge in [0.1, 0.15) is 0 Å². The summed E-state index contributed by atoms with van der Waals surface area (Å²) in [6.07, 6.45) is 7.77. The lowest BCUT2D eigenvalue weighted by molar-refractivity contribution is -0.124. The van der Waals surface area contributed by atoms with Crippen LogP contribution in [0.5, 0.6) is 11.5 Å². The van der Waals surface area contributed by atoms with Crippen molar-refractivity contribution in [3.05, 3.63) is 22.2 Å². The molecule has 0 bridgehead atoms.